The minimum atomic E-state index is -1.21. The number of rotatable bonds is 52. The van der Waals surface area contributed by atoms with E-state index >= 15 is 0 Å². The minimum Gasteiger partial charge on any atom is -0.508 e. The molecule has 0 saturated carbocycles. The van der Waals surface area contributed by atoms with E-state index in [1.807, 2.05) is 0 Å². The molecule has 0 bridgehead atoms. The number of amides is 4. The second kappa shape index (κ2) is 46.1. The Bertz CT molecular complexity index is 1870. The summed E-state index contributed by atoms with van der Waals surface area (Å²) in [6.45, 7) is -0.202. The first-order valence-corrected chi connectivity index (χ1v) is 27.9. The average molecular weight is 1130 g/mol. The molecule has 0 radical (unpaired) electrons. The zero-order chi connectivity index (χ0) is 56.9. The number of benzene rings is 1. The lowest BCUT2D eigenvalue weighted by Crippen LogP contribution is -2.51. The first kappa shape index (κ1) is 70.1. The number of ketones is 2. The van der Waals surface area contributed by atoms with Gasteiger partial charge in [0.2, 0.25) is 23.6 Å². The molecule has 1 aromatic rings. The van der Waals surface area contributed by atoms with Crippen LogP contribution in [0.1, 0.15) is 121 Å². The van der Waals surface area contributed by atoms with Crippen LogP contribution in [0.5, 0.6) is 5.75 Å². The fraction of sp³-hybridized carbons (Fsp3) is 0.712. The minimum absolute atomic E-state index is 0.0189. The summed E-state index contributed by atoms with van der Waals surface area (Å²) in [6.07, 6.45) is 15.2. The molecule has 0 fully saturated rings. The standard InChI is InChI=1S/C52H86N6O17S2/c59-39-19-17-38(18-20-39)31-41(44(60)32-55-42(36-76)45(61)33-56-43(37-77)52(70)71)58-49(65)35-75-30-28-73-26-24-54-48(64)34-74-29-27-72-25-23-53-46(62)22-21-40(51(68)69)57-47(63)15-13-11-9-7-5-3-1-2-4-6-8-10-12-14-16-50(66)67/h17-20,40-43,55-56,59,76-77H,1-16,21-37H2,(H,53,62)(H,54,64)(H,57,63)(H,58,65)(H,66,67)(H,68,69)(H,70,71)/t40-,41-,42-,43?/m0/s1. The molecule has 4 amide bonds. The molecule has 1 rings (SSSR count). The smallest absolute Gasteiger partial charge is 0.326 e. The van der Waals surface area contributed by atoms with Crippen molar-refractivity contribution in [3.05, 3.63) is 29.8 Å². The van der Waals surface area contributed by atoms with Crippen LogP contribution < -0.4 is 31.9 Å². The molecule has 4 atom stereocenters. The van der Waals surface area contributed by atoms with Crippen molar-refractivity contribution in [2.45, 2.75) is 146 Å². The molecule has 10 N–H and O–H groups in total. The van der Waals surface area contributed by atoms with Gasteiger partial charge >= 0.3 is 17.9 Å². The van der Waals surface area contributed by atoms with Crippen molar-refractivity contribution in [1.82, 2.24) is 31.9 Å². The summed E-state index contributed by atoms with van der Waals surface area (Å²) in [6, 6.07) is 1.95. The molecule has 25 heteroatoms. The maximum Gasteiger partial charge on any atom is 0.326 e. The highest BCUT2D eigenvalue weighted by Crippen LogP contribution is 2.15. The molecular weight excluding hydrogens is 1040 g/mol. The summed E-state index contributed by atoms with van der Waals surface area (Å²) < 4.78 is 21.5. The number of phenolic OH excluding ortho intramolecular Hbond substituents is 1. The maximum atomic E-state index is 13.3. The second-order valence-electron chi connectivity index (χ2n) is 18.4. The number of ether oxygens (including phenoxy) is 4. The van der Waals surface area contributed by atoms with Crippen LogP contribution in [-0.2, 0) is 68.5 Å². The number of carboxylic acid groups (broad SMARTS) is 3. The van der Waals surface area contributed by atoms with Gasteiger partial charge in [0.15, 0.2) is 11.6 Å². The van der Waals surface area contributed by atoms with E-state index in [-0.39, 0.29) is 140 Å². The topological polar surface area (TPSA) is 344 Å². The Labute approximate surface area is 463 Å². The highest BCUT2D eigenvalue weighted by molar-refractivity contribution is 7.80. The molecule has 0 heterocycles. The van der Waals surface area contributed by atoms with Gasteiger partial charge in [-0.25, -0.2) is 4.79 Å². The molecule has 0 aliphatic rings. The Kier molecular flexibility index (Phi) is 41.9. The van der Waals surface area contributed by atoms with Gasteiger partial charge in [-0.15, -0.1) is 0 Å². The molecule has 77 heavy (non-hydrogen) atoms. The van der Waals surface area contributed by atoms with Crippen molar-refractivity contribution < 1.29 is 82.5 Å². The highest BCUT2D eigenvalue weighted by atomic mass is 32.1. The number of aromatic hydroxyl groups is 1. The van der Waals surface area contributed by atoms with Crippen molar-refractivity contribution >= 4 is 78.4 Å². The number of Topliss-reactive ketones (excluding diaryl/α,β-unsaturated/α-hetero) is 2. The van der Waals surface area contributed by atoms with E-state index in [1.165, 1.54) is 44.2 Å². The molecule has 0 aliphatic carbocycles. The second-order valence-corrected chi connectivity index (χ2v) is 19.1. The van der Waals surface area contributed by atoms with Gasteiger partial charge in [-0.05, 0) is 43.4 Å². The lowest BCUT2D eigenvalue weighted by Gasteiger charge is -2.21. The SMILES string of the molecule is O=C(O)CCCCCCCCCCCCCCCCC(=O)N[C@@H](CCC(=O)NCCOCCOCC(=O)NCCOCCOCC(=O)N[C@@H](Cc1ccc(O)cc1)C(=O)CN[C@@H](CS)C(=O)CNC(CS)C(=O)O)C(=O)O. The van der Waals surface area contributed by atoms with Gasteiger partial charge in [0.25, 0.3) is 0 Å². The van der Waals surface area contributed by atoms with E-state index < -0.39 is 66.2 Å². The predicted octanol–water partition coefficient (Wildman–Crippen LogP) is 2.39. The van der Waals surface area contributed by atoms with E-state index in [0.717, 1.165) is 51.4 Å². The normalized spacial score (nSPS) is 12.7. The molecule has 1 unspecified atom stereocenters. The number of aliphatic carboxylic acids is 3. The average Bonchev–Trinajstić information content (AvgIpc) is 3.39. The van der Waals surface area contributed by atoms with Crippen LogP contribution in [0.2, 0.25) is 0 Å². The molecule has 0 saturated heterocycles. The van der Waals surface area contributed by atoms with Crippen molar-refractivity contribution in [2.24, 2.45) is 0 Å². The van der Waals surface area contributed by atoms with Crippen LogP contribution >= 0.6 is 25.3 Å². The van der Waals surface area contributed by atoms with Crippen molar-refractivity contribution in [2.75, 3.05) is 90.5 Å². The van der Waals surface area contributed by atoms with Gasteiger partial charge < -0.3 is 60.6 Å². The summed E-state index contributed by atoms with van der Waals surface area (Å²) in [5.74, 6) is -5.68. The number of unbranched alkanes of at least 4 members (excludes halogenated alkanes) is 13. The zero-order valence-electron chi connectivity index (χ0n) is 44.4. The third-order valence-corrected chi connectivity index (χ3v) is 12.6. The fourth-order valence-electron chi connectivity index (χ4n) is 7.47. The molecule has 23 nitrogen and oxygen atoms in total. The molecular formula is C52H86N6O17S2. The van der Waals surface area contributed by atoms with E-state index in [0.29, 0.717) is 12.0 Å². The molecule has 1 aromatic carbocycles. The number of phenols is 1. The van der Waals surface area contributed by atoms with E-state index in [2.05, 4.69) is 57.2 Å². The van der Waals surface area contributed by atoms with E-state index in [1.54, 1.807) is 12.1 Å². The Morgan fingerprint density at radius 2 is 0.883 bits per heavy atom. The first-order chi connectivity index (χ1) is 37.1. The van der Waals surface area contributed by atoms with Crippen LogP contribution in [0.4, 0.5) is 0 Å². The number of carbonyl (C=O) groups is 9. The maximum absolute atomic E-state index is 13.3. The van der Waals surface area contributed by atoms with Crippen LogP contribution in [0.15, 0.2) is 24.3 Å². The number of carbonyl (C=O) groups excluding carboxylic acids is 6. The van der Waals surface area contributed by atoms with Gasteiger partial charge in [0.1, 0.15) is 31.0 Å². The van der Waals surface area contributed by atoms with Crippen molar-refractivity contribution in [1.29, 1.82) is 0 Å². The van der Waals surface area contributed by atoms with E-state index in [9.17, 15) is 58.5 Å². The van der Waals surface area contributed by atoms with Gasteiger partial charge in [-0.2, -0.15) is 25.3 Å². The third-order valence-electron chi connectivity index (χ3n) is 11.9. The van der Waals surface area contributed by atoms with Crippen LogP contribution in [0, 0.1) is 0 Å². The van der Waals surface area contributed by atoms with Gasteiger partial charge in [0.05, 0.1) is 64.8 Å². The Hall–Kier alpha value is -4.89. The Morgan fingerprint density at radius 3 is 1.38 bits per heavy atom. The first-order valence-electron chi connectivity index (χ1n) is 26.7. The van der Waals surface area contributed by atoms with Crippen molar-refractivity contribution in [3.63, 3.8) is 0 Å². The van der Waals surface area contributed by atoms with Crippen LogP contribution in [0.3, 0.4) is 0 Å². The van der Waals surface area contributed by atoms with Gasteiger partial charge in [-0.1, -0.05) is 89.2 Å². The van der Waals surface area contributed by atoms with Crippen LogP contribution in [-0.4, -0.2) is 188 Å². The molecule has 0 aromatic heterocycles. The number of hydrogen-bond acceptors (Lipinski definition) is 18. The Balaban J connectivity index is 2.14. The lowest BCUT2D eigenvalue weighted by molar-refractivity contribution is -0.142. The number of nitrogens with one attached hydrogen (secondary N) is 6. The van der Waals surface area contributed by atoms with Crippen molar-refractivity contribution in [3.8, 4) is 5.75 Å². The zero-order valence-corrected chi connectivity index (χ0v) is 46.2. The summed E-state index contributed by atoms with van der Waals surface area (Å²) in [7, 11) is 0. The summed E-state index contributed by atoms with van der Waals surface area (Å²) >= 11 is 8.14. The number of carboxylic acids is 3. The molecule has 0 aliphatic heterocycles. The number of thiol groups is 2. The highest BCUT2D eigenvalue weighted by Gasteiger charge is 2.26. The summed E-state index contributed by atoms with van der Waals surface area (Å²) in [4.78, 5) is 109. The quantitative estimate of drug-likeness (QED) is 0.0329. The fourth-order valence-corrected chi connectivity index (χ4v) is 8.09. The largest absolute Gasteiger partial charge is 0.508 e. The molecule has 0 spiro atoms. The monoisotopic (exact) mass is 1130 g/mol. The third kappa shape index (κ3) is 39.2. The van der Waals surface area contributed by atoms with E-state index in [4.69, 9.17) is 24.1 Å². The number of hydrogen-bond donors (Lipinski definition) is 12. The summed E-state index contributed by atoms with van der Waals surface area (Å²) in [5, 5.41) is 52.9. The van der Waals surface area contributed by atoms with Crippen LogP contribution in [0.25, 0.3) is 0 Å². The lowest BCUT2D eigenvalue weighted by atomic mass is 10.0. The Morgan fingerprint density at radius 1 is 0.455 bits per heavy atom. The molecule has 438 valence electrons. The predicted molar refractivity (Wildman–Crippen MR) is 292 cm³/mol. The summed E-state index contributed by atoms with van der Waals surface area (Å²) in [5.41, 5.74) is 0.642. The van der Waals surface area contributed by atoms with Gasteiger partial charge in [-0.3, -0.25) is 49.0 Å². The van der Waals surface area contributed by atoms with Gasteiger partial charge in [0, 0.05) is 43.9 Å².